The molecule has 2 aromatic rings. The highest BCUT2D eigenvalue weighted by molar-refractivity contribution is 7.09. The molecule has 86 valence electrons. The molecule has 5 heteroatoms. The standard InChI is InChI=1S/C12H9NO3S/c14-12(15)8-6-17-11(13-8)10-5-7-3-1-2-4-9(7)16-10/h1-4,6,10H,5H2,(H,14,15). The largest absolute Gasteiger partial charge is 0.483 e. The van der Waals surface area contributed by atoms with Crippen molar-refractivity contribution >= 4 is 17.3 Å². The van der Waals surface area contributed by atoms with Crippen LogP contribution in [-0.2, 0) is 6.42 Å². The van der Waals surface area contributed by atoms with E-state index >= 15 is 0 Å². The first-order chi connectivity index (χ1) is 8.24. The van der Waals surface area contributed by atoms with Crippen molar-refractivity contribution in [3.63, 3.8) is 0 Å². The summed E-state index contributed by atoms with van der Waals surface area (Å²) in [7, 11) is 0. The molecule has 3 rings (SSSR count). The number of nitrogens with zero attached hydrogens (tertiary/aromatic N) is 1. The van der Waals surface area contributed by atoms with E-state index in [1.54, 1.807) is 5.38 Å². The van der Waals surface area contributed by atoms with Crippen LogP contribution in [0, 0.1) is 0 Å². The number of hydrogen-bond acceptors (Lipinski definition) is 4. The minimum Gasteiger partial charge on any atom is -0.483 e. The van der Waals surface area contributed by atoms with Gasteiger partial charge in [0.05, 0.1) is 0 Å². The van der Waals surface area contributed by atoms with E-state index in [0.29, 0.717) is 0 Å². The number of benzene rings is 1. The fraction of sp³-hybridized carbons (Fsp3) is 0.167. The summed E-state index contributed by atoms with van der Waals surface area (Å²) < 4.78 is 5.74. The van der Waals surface area contributed by atoms with E-state index in [1.165, 1.54) is 11.3 Å². The third-order valence-corrected chi connectivity index (χ3v) is 3.60. The van der Waals surface area contributed by atoms with Gasteiger partial charge in [0.15, 0.2) is 11.8 Å². The van der Waals surface area contributed by atoms with Crippen molar-refractivity contribution in [3.05, 3.63) is 45.9 Å². The average molecular weight is 247 g/mol. The molecule has 1 N–H and O–H groups in total. The zero-order valence-electron chi connectivity index (χ0n) is 8.79. The lowest BCUT2D eigenvalue weighted by molar-refractivity contribution is 0.0691. The zero-order valence-corrected chi connectivity index (χ0v) is 9.61. The lowest BCUT2D eigenvalue weighted by Crippen LogP contribution is -2.04. The molecule has 1 aromatic heterocycles. The Labute approximate surface area is 102 Å². The van der Waals surface area contributed by atoms with Crippen molar-refractivity contribution < 1.29 is 14.6 Å². The second-order valence-electron chi connectivity index (χ2n) is 3.79. The highest BCUT2D eigenvalue weighted by Crippen LogP contribution is 2.37. The number of carboxylic acids is 1. The number of carbonyl (C=O) groups is 1. The summed E-state index contributed by atoms with van der Waals surface area (Å²) in [5.74, 6) is -0.132. The van der Waals surface area contributed by atoms with Gasteiger partial charge in [0.25, 0.3) is 0 Å². The predicted molar refractivity (Wildman–Crippen MR) is 62.6 cm³/mol. The molecular formula is C12H9NO3S. The van der Waals surface area contributed by atoms with Crippen LogP contribution in [0.15, 0.2) is 29.6 Å². The van der Waals surface area contributed by atoms with Crippen molar-refractivity contribution in [1.29, 1.82) is 0 Å². The molecule has 0 bridgehead atoms. The molecule has 1 unspecified atom stereocenters. The first-order valence-corrected chi connectivity index (χ1v) is 6.05. The number of hydrogen-bond donors (Lipinski definition) is 1. The van der Waals surface area contributed by atoms with Gasteiger partial charge in [-0.05, 0) is 11.6 Å². The number of carboxylic acid groups (broad SMARTS) is 1. The normalized spacial score (nSPS) is 17.5. The monoisotopic (exact) mass is 247 g/mol. The third-order valence-electron chi connectivity index (χ3n) is 2.66. The molecule has 1 aliphatic heterocycles. The maximum absolute atomic E-state index is 10.8. The number of fused-ring (bicyclic) bond motifs is 1. The summed E-state index contributed by atoms with van der Waals surface area (Å²) >= 11 is 1.33. The molecular weight excluding hydrogens is 238 g/mol. The Hall–Kier alpha value is -1.88. The fourth-order valence-corrected chi connectivity index (χ4v) is 2.67. The Balaban J connectivity index is 1.86. The van der Waals surface area contributed by atoms with E-state index in [9.17, 15) is 4.79 Å². The number of para-hydroxylation sites is 1. The van der Waals surface area contributed by atoms with Crippen molar-refractivity contribution in [3.8, 4) is 5.75 Å². The highest BCUT2D eigenvalue weighted by atomic mass is 32.1. The van der Waals surface area contributed by atoms with Crippen LogP contribution in [0.4, 0.5) is 0 Å². The van der Waals surface area contributed by atoms with Crippen LogP contribution >= 0.6 is 11.3 Å². The van der Waals surface area contributed by atoms with Crippen molar-refractivity contribution in [2.24, 2.45) is 0 Å². The van der Waals surface area contributed by atoms with Gasteiger partial charge in [-0.25, -0.2) is 9.78 Å². The van der Waals surface area contributed by atoms with Gasteiger partial charge in [0, 0.05) is 11.8 Å². The lowest BCUT2D eigenvalue weighted by Gasteiger charge is -2.05. The zero-order chi connectivity index (χ0) is 11.8. The molecule has 0 saturated carbocycles. The molecule has 1 aromatic carbocycles. The predicted octanol–water partition coefficient (Wildman–Crippen LogP) is 2.52. The van der Waals surface area contributed by atoms with Gasteiger partial charge in [-0.2, -0.15) is 0 Å². The van der Waals surface area contributed by atoms with Crippen molar-refractivity contribution in [2.75, 3.05) is 0 Å². The molecule has 1 atom stereocenters. The van der Waals surface area contributed by atoms with Gasteiger partial charge in [-0.1, -0.05) is 18.2 Å². The fourth-order valence-electron chi connectivity index (χ4n) is 1.85. The lowest BCUT2D eigenvalue weighted by atomic mass is 10.1. The minimum atomic E-state index is -0.997. The quantitative estimate of drug-likeness (QED) is 0.885. The topological polar surface area (TPSA) is 59.4 Å². The first kappa shape index (κ1) is 10.3. The molecule has 0 fully saturated rings. The molecule has 2 heterocycles. The molecule has 17 heavy (non-hydrogen) atoms. The minimum absolute atomic E-state index is 0.0876. The molecule has 0 spiro atoms. The number of thiazole rings is 1. The first-order valence-electron chi connectivity index (χ1n) is 5.17. The van der Waals surface area contributed by atoms with Crippen LogP contribution in [0.5, 0.6) is 5.75 Å². The molecule has 1 aliphatic rings. The Morgan fingerprint density at radius 2 is 2.29 bits per heavy atom. The van der Waals surface area contributed by atoms with E-state index in [1.807, 2.05) is 24.3 Å². The highest BCUT2D eigenvalue weighted by Gasteiger charge is 2.27. The van der Waals surface area contributed by atoms with Crippen LogP contribution in [0.1, 0.15) is 27.2 Å². The van der Waals surface area contributed by atoms with E-state index < -0.39 is 5.97 Å². The maximum Gasteiger partial charge on any atom is 0.355 e. The maximum atomic E-state index is 10.8. The number of aromatic carboxylic acids is 1. The van der Waals surface area contributed by atoms with Crippen molar-refractivity contribution in [2.45, 2.75) is 12.5 Å². The molecule has 0 radical (unpaired) electrons. The summed E-state index contributed by atoms with van der Waals surface area (Å²) in [5, 5.41) is 11.1. The smallest absolute Gasteiger partial charge is 0.355 e. The van der Waals surface area contributed by atoms with E-state index in [2.05, 4.69) is 4.98 Å². The van der Waals surface area contributed by atoms with Gasteiger partial charge in [0.2, 0.25) is 0 Å². The van der Waals surface area contributed by atoms with Crippen molar-refractivity contribution in [1.82, 2.24) is 4.98 Å². The Morgan fingerprint density at radius 3 is 3.00 bits per heavy atom. The van der Waals surface area contributed by atoms with Gasteiger partial charge in [-0.15, -0.1) is 11.3 Å². The van der Waals surface area contributed by atoms with E-state index in [0.717, 1.165) is 22.7 Å². The summed E-state index contributed by atoms with van der Waals surface area (Å²) in [6.45, 7) is 0. The summed E-state index contributed by atoms with van der Waals surface area (Å²) in [4.78, 5) is 14.8. The van der Waals surface area contributed by atoms with Gasteiger partial charge in [0.1, 0.15) is 10.8 Å². The Morgan fingerprint density at radius 1 is 1.47 bits per heavy atom. The summed E-state index contributed by atoms with van der Waals surface area (Å²) in [5.41, 5.74) is 1.23. The number of rotatable bonds is 2. The van der Waals surface area contributed by atoms with Crippen LogP contribution in [0.3, 0.4) is 0 Å². The van der Waals surface area contributed by atoms with Gasteiger partial charge >= 0.3 is 5.97 Å². The molecule has 0 saturated heterocycles. The number of ether oxygens (including phenoxy) is 1. The molecule has 0 amide bonds. The van der Waals surface area contributed by atoms with Gasteiger partial charge < -0.3 is 9.84 Å². The number of aromatic nitrogens is 1. The van der Waals surface area contributed by atoms with Gasteiger partial charge in [-0.3, -0.25) is 0 Å². The third kappa shape index (κ3) is 1.78. The summed E-state index contributed by atoms with van der Waals surface area (Å²) in [6.07, 6.45) is 0.605. The van der Waals surface area contributed by atoms with Crippen LogP contribution < -0.4 is 4.74 Å². The second kappa shape index (κ2) is 3.85. The Kier molecular flexibility index (Phi) is 2.33. The van der Waals surface area contributed by atoms with E-state index in [-0.39, 0.29) is 11.8 Å². The Bertz CT molecular complexity index is 554. The second-order valence-corrected chi connectivity index (χ2v) is 4.68. The van der Waals surface area contributed by atoms with E-state index in [4.69, 9.17) is 9.84 Å². The molecule has 0 aliphatic carbocycles. The average Bonchev–Trinajstić information content (AvgIpc) is 2.95. The SMILES string of the molecule is O=C(O)c1csc(C2Cc3ccccc3O2)n1. The molecule has 4 nitrogen and oxygen atoms in total. The van der Waals surface area contributed by atoms with Crippen LogP contribution in [0.2, 0.25) is 0 Å². The van der Waals surface area contributed by atoms with Crippen LogP contribution in [0.25, 0.3) is 0 Å². The van der Waals surface area contributed by atoms with Crippen LogP contribution in [-0.4, -0.2) is 16.1 Å². The summed E-state index contributed by atoms with van der Waals surface area (Å²) in [6, 6.07) is 7.82.